The third-order valence-corrected chi connectivity index (χ3v) is 7.98. The molecule has 1 saturated heterocycles. The van der Waals surface area contributed by atoms with Gasteiger partial charge in [0.05, 0.1) is 40.0 Å². The molecule has 13 heteroatoms. The maximum Gasteiger partial charge on any atom is 0.255 e. The Morgan fingerprint density at radius 3 is 2.50 bits per heavy atom. The predicted molar refractivity (Wildman–Crippen MR) is 159 cm³/mol. The van der Waals surface area contributed by atoms with Crippen LogP contribution in [0.2, 0.25) is 15.1 Å². The highest BCUT2D eigenvalue weighted by atomic mass is 35.5. The number of ether oxygens (including phenoxy) is 1. The summed E-state index contributed by atoms with van der Waals surface area (Å²) in [5.74, 6) is -0.885. The number of hydrogen-bond donors (Lipinski definition) is 1. The third-order valence-electron chi connectivity index (χ3n) is 6.30. The molecule has 0 spiro atoms. The Morgan fingerprint density at radius 2 is 1.80 bits per heavy atom. The van der Waals surface area contributed by atoms with Crippen molar-refractivity contribution in [3.8, 4) is 0 Å². The zero-order chi connectivity index (χ0) is 28.6. The zero-order valence-electron chi connectivity index (χ0n) is 21.7. The van der Waals surface area contributed by atoms with E-state index in [1.807, 2.05) is 29.2 Å². The number of carbonyl (C=O) groups excluding carboxylic acids is 3. The summed E-state index contributed by atoms with van der Waals surface area (Å²) in [5, 5.41) is 6.10. The lowest BCUT2D eigenvalue weighted by Gasteiger charge is -2.36. The summed E-state index contributed by atoms with van der Waals surface area (Å²) in [6.45, 7) is 2.73. The molecule has 1 N–H and O–H groups in total. The van der Waals surface area contributed by atoms with Crippen LogP contribution in [0.4, 0.5) is 10.8 Å². The minimum Gasteiger partial charge on any atom is -0.383 e. The molecule has 0 aliphatic carbocycles. The van der Waals surface area contributed by atoms with Crippen LogP contribution in [0.15, 0.2) is 47.8 Å². The fourth-order valence-electron chi connectivity index (χ4n) is 4.24. The summed E-state index contributed by atoms with van der Waals surface area (Å²) in [4.78, 5) is 48.5. The van der Waals surface area contributed by atoms with Crippen LogP contribution < -0.4 is 10.2 Å². The fraction of sp³-hybridized carbons (Fsp3) is 0.333. The van der Waals surface area contributed by atoms with Crippen molar-refractivity contribution in [2.45, 2.75) is 6.42 Å². The van der Waals surface area contributed by atoms with Gasteiger partial charge in [-0.15, -0.1) is 11.3 Å². The van der Waals surface area contributed by atoms with Gasteiger partial charge in [0.2, 0.25) is 11.8 Å². The van der Waals surface area contributed by atoms with Crippen LogP contribution in [0.3, 0.4) is 0 Å². The van der Waals surface area contributed by atoms with E-state index in [9.17, 15) is 14.4 Å². The van der Waals surface area contributed by atoms with E-state index in [4.69, 9.17) is 39.5 Å². The molecule has 2 aromatic carbocycles. The van der Waals surface area contributed by atoms with Gasteiger partial charge in [0.15, 0.2) is 5.13 Å². The fourth-order valence-corrected chi connectivity index (χ4v) is 5.71. The Bertz CT molecular complexity index is 1360. The lowest BCUT2D eigenvalue weighted by atomic mass is 10.2. The van der Waals surface area contributed by atoms with Crippen LogP contribution in [-0.4, -0.2) is 85.5 Å². The highest BCUT2D eigenvalue weighted by Gasteiger charge is 2.24. The first-order valence-electron chi connectivity index (χ1n) is 12.5. The van der Waals surface area contributed by atoms with Gasteiger partial charge in [0, 0.05) is 50.2 Å². The first-order valence-corrected chi connectivity index (χ1v) is 14.5. The molecule has 1 fully saturated rings. The Morgan fingerprint density at radius 1 is 1.05 bits per heavy atom. The number of para-hydroxylation sites is 1. The van der Waals surface area contributed by atoms with Gasteiger partial charge in [-0.3, -0.25) is 14.4 Å². The molecular formula is C27H28Cl3N5O4S. The highest BCUT2D eigenvalue weighted by Crippen LogP contribution is 2.26. The van der Waals surface area contributed by atoms with Gasteiger partial charge in [0.25, 0.3) is 5.91 Å². The van der Waals surface area contributed by atoms with Crippen LogP contribution in [0.1, 0.15) is 16.1 Å². The summed E-state index contributed by atoms with van der Waals surface area (Å²) in [6.07, 6.45) is 0.131. The molecule has 2 heterocycles. The van der Waals surface area contributed by atoms with Crippen LogP contribution >= 0.6 is 46.1 Å². The van der Waals surface area contributed by atoms with Crippen molar-refractivity contribution < 1.29 is 19.1 Å². The lowest BCUT2D eigenvalue weighted by molar-refractivity contribution is -0.130. The smallest absolute Gasteiger partial charge is 0.255 e. The van der Waals surface area contributed by atoms with E-state index in [0.717, 1.165) is 5.69 Å². The molecule has 9 nitrogen and oxygen atoms in total. The van der Waals surface area contributed by atoms with Gasteiger partial charge in [-0.1, -0.05) is 46.9 Å². The quantitative estimate of drug-likeness (QED) is 0.351. The summed E-state index contributed by atoms with van der Waals surface area (Å²) in [7, 11) is 1.51. The molecule has 40 heavy (non-hydrogen) atoms. The number of halogens is 3. The normalized spacial score (nSPS) is 13.3. The number of rotatable bonds is 10. The lowest BCUT2D eigenvalue weighted by Crippen LogP contribution is -2.49. The molecule has 3 aromatic rings. The van der Waals surface area contributed by atoms with Crippen LogP contribution in [0, 0.1) is 0 Å². The van der Waals surface area contributed by atoms with E-state index in [0.29, 0.717) is 47.0 Å². The van der Waals surface area contributed by atoms with Gasteiger partial charge in [-0.25, -0.2) is 4.98 Å². The molecule has 4 rings (SSSR count). The van der Waals surface area contributed by atoms with Crippen LogP contribution in [0.25, 0.3) is 0 Å². The maximum atomic E-state index is 13.1. The number of amides is 3. The molecule has 1 aliphatic heterocycles. The minimum absolute atomic E-state index is 0.0295. The summed E-state index contributed by atoms with van der Waals surface area (Å²) in [6, 6.07) is 12.2. The first kappa shape index (κ1) is 30.1. The molecule has 0 unspecified atom stereocenters. The number of hydrogen-bond acceptors (Lipinski definition) is 7. The molecule has 1 aliphatic rings. The van der Waals surface area contributed by atoms with E-state index in [-0.39, 0.29) is 42.6 Å². The van der Waals surface area contributed by atoms with Gasteiger partial charge >= 0.3 is 0 Å². The molecule has 0 saturated carbocycles. The number of methoxy groups -OCH3 is 1. The Hall–Kier alpha value is -2.89. The van der Waals surface area contributed by atoms with E-state index in [2.05, 4.69) is 15.2 Å². The number of anilines is 2. The van der Waals surface area contributed by atoms with E-state index in [1.165, 1.54) is 35.5 Å². The second kappa shape index (κ2) is 14.1. The number of thiazole rings is 1. The maximum absolute atomic E-state index is 13.1. The van der Waals surface area contributed by atoms with E-state index < -0.39 is 11.8 Å². The summed E-state index contributed by atoms with van der Waals surface area (Å²) < 4.78 is 5.10. The van der Waals surface area contributed by atoms with Crippen molar-refractivity contribution in [2.24, 2.45) is 0 Å². The summed E-state index contributed by atoms with van der Waals surface area (Å²) in [5.41, 5.74) is 1.77. The molecular weight excluding hydrogens is 597 g/mol. The van der Waals surface area contributed by atoms with E-state index >= 15 is 0 Å². The number of carbonyl (C=O) groups is 3. The monoisotopic (exact) mass is 623 g/mol. The highest BCUT2D eigenvalue weighted by molar-refractivity contribution is 7.13. The predicted octanol–water partition coefficient (Wildman–Crippen LogP) is 4.72. The molecule has 212 valence electrons. The topological polar surface area (TPSA) is 95.1 Å². The van der Waals surface area contributed by atoms with Gasteiger partial charge in [-0.2, -0.15) is 0 Å². The van der Waals surface area contributed by atoms with Crippen molar-refractivity contribution >= 4 is 74.7 Å². The second-order valence-electron chi connectivity index (χ2n) is 9.03. The zero-order valence-corrected chi connectivity index (χ0v) is 24.8. The summed E-state index contributed by atoms with van der Waals surface area (Å²) >= 11 is 19.7. The number of nitrogens with zero attached hydrogens (tertiary/aromatic N) is 4. The first-order chi connectivity index (χ1) is 19.2. The molecule has 3 amide bonds. The second-order valence-corrected chi connectivity index (χ2v) is 11.1. The average Bonchev–Trinajstić information content (AvgIpc) is 3.37. The Kier molecular flexibility index (Phi) is 10.6. The van der Waals surface area contributed by atoms with E-state index in [1.54, 1.807) is 11.4 Å². The molecule has 1 aromatic heterocycles. The average molecular weight is 625 g/mol. The Balaban J connectivity index is 1.30. The molecule has 0 bridgehead atoms. The number of piperazine rings is 1. The van der Waals surface area contributed by atoms with Crippen molar-refractivity contribution in [3.63, 3.8) is 0 Å². The minimum atomic E-state index is -0.433. The number of nitrogens with one attached hydrogen (secondary N) is 1. The number of aromatic nitrogens is 1. The largest absolute Gasteiger partial charge is 0.383 e. The van der Waals surface area contributed by atoms with Crippen LogP contribution in [0.5, 0.6) is 0 Å². The van der Waals surface area contributed by atoms with Crippen molar-refractivity contribution in [2.75, 3.05) is 63.2 Å². The van der Waals surface area contributed by atoms with Crippen molar-refractivity contribution in [3.05, 3.63) is 74.2 Å². The SMILES string of the molecule is COCCN(CC(=O)Nc1nc(CC(=O)N2CCN(c3ccccc3Cl)CC2)cs1)C(=O)c1ccc(Cl)cc1Cl. The third kappa shape index (κ3) is 7.86. The van der Waals surface area contributed by atoms with Crippen molar-refractivity contribution in [1.82, 2.24) is 14.8 Å². The molecule has 0 radical (unpaired) electrons. The standard InChI is InChI=1S/C27H28Cl3N5O4S/c1-39-13-12-35(26(38)20-7-6-18(28)14-22(20)30)16-24(36)32-27-31-19(17-40-27)15-25(37)34-10-8-33(9-11-34)23-5-3-2-4-21(23)29/h2-7,14,17H,8-13,15-16H2,1H3,(H,31,32,36). The van der Waals surface area contributed by atoms with Crippen LogP contribution in [-0.2, 0) is 20.7 Å². The van der Waals surface area contributed by atoms with Gasteiger partial charge in [-0.05, 0) is 30.3 Å². The molecule has 0 atom stereocenters. The Labute approximate surface area is 251 Å². The van der Waals surface area contributed by atoms with Crippen molar-refractivity contribution in [1.29, 1.82) is 0 Å². The van der Waals surface area contributed by atoms with Gasteiger partial charge in [0.1, 0.15) is 6.54 Å². The van der Waals surface area contributed by atoms with Gasteiger partial charge < -0.3 is 24.8 Å². The number of benzene rings is 2.